The Hall–Kier alpha value is -1.02. The third-order valence-corrected chi connectivity index (χ3v) is 3.55. The van der Waals surface area contributed by atoms with E-state index in [1.807, 2.05) is 0 Å². The smallest absolute Gasteiger partial charge is 0.119 e. The van der Waals surface area contributed by atoms with E-state index < -0.39 is 0 Å². The molecule has 1 aliphatic rings. The number of benzene rings is 1. The minimum absolute atomic E-state index is 0.182. The van der Waals surface area contributed by atoms with Crippen molar-refractivity contribution in [3.8, 4) is 5.75 Å². The minimum Gasteiger partial charge on any atom is -0.493 e. The van der Waals surface area contributed by atoms with Crippen molar-refractivity contribution in [3.05, 3.63) is 29.3 Å². The van der Waals surface area contributed by atoms with E-state index >= 15 is 0 Å². The van der Waals surface area contributed by atoms with Gasteiger partial charge in [0.05, 0.1) is 6.61 Å². The predicted octanol–water partition coefficient (Wildman–Crippen LogP) is 3.46. The molecule has 0 radical (unpaired) electrons. The van der Waals surface area contributed by atoms with Crippen LogP contribution in [0.4, 0.5) is 0 Å². The van der Waals surface area contributed by atoms with Gasteiger partial charge in [-0.25, -0.2) is 0 Å². The van der Waals surface area contributed by atoms with E-state index in [0.29, 0.717) is 0 Å². The molecular formula is C16H25NO. The van der Waals surface area contributed by atoms with E-state index in [1.54, 1.807) is 0 Å². The maximum atomic E-state index is 5.92. The highest BCUT2D eigenvalue weighted by atomic mass is 16.5. The van der Waals surface area contributed by atoms with Crippen LogP contribution >= 0.6 is 0 Å². The van der Waals surface area contributed by atoms with Crippen molar-refractivity contribution in [3.63, 3.8) is 0 Å². The highest BCUT2D eigenvalue weighted by molar-refractivity contribution is 5.33. The molecular weight excluding hydrogens is 222 g/mol. The van der Waals surface area contributed by atoms with E-state index in [0.717, 1.165) is 24.9 Å². The molecule has 100 valence electrons. The average Bonchev–Trinajstić information content (AvgIpc) is 3.12. The molecule has 2 nitrogen and oxygen atoms in total. The van der Waals surface area contributed by atoms with Crippen LogP contribution in [0, 0.1) is 19.3 Å². The molecule has 1 aromatic rings. The number of aryl methyl sites for hydroxylation is 2. The molecule has 1 fully saturated rings. The Morgan fingerprint density at radius 3 is 2.56 bits per heavy atom. The van der Waals surface area contributed by atoms with Gasteiger partial charge in [-0.15, -0.1) is 0 Å². The maximum absolute atomic E-state index is 5.92. The number of rotatable bonds is 6. The second-order valence-corrected chi connectivity index (χ2v) is 6.35. The zero-order valence-corrected chi connectivity index (χ0v) is 12.0. The van der Waals surface area contributed by atoms with Gasteiger partial charge >= 0.3 is 0 Å². The highest BCUT2D eigenvalue weighted by Crippen LogP contribution is 2.23. The van der Waals surface area contributed by atoms with E-state index in [4.69, 9.17) is 4.74 Å². The van der Waals surface area contributed by atoms with Crippen LogP contribution in [-0.4, -0.2) is 19.2 Å². The lowest BCUT2D eigenvalue weighted by Crippen LogP contribution is -2.35. The second kappa shape index (κ2) is 5.31. The first-order valence-electron chi connectivity index (χ1n) is 6.90. The Labute approximate surface area is 111 Å². The summed E-state index contributed by atoms with van der Waals surface area (Å²) in [6.45, 7) is 10.6. The summed E-state index contributed by atoms with van der Waals surface area (Å²) in [4.78, 5) is 0. The Morgan fingerprint density at radius 2 is 1.94 bits per heavy atom. The van der Waals surface area contributed by atoms with Gasteiger partial charge in [0.25, 0.3) is 0 Å². The van der Waals surface area contributed by atoms with Crippen molar-refractivity contribution in [2.45, 2.75) is 46.6 Å². The van der Waals surface area contributed by atoms with Gasteiger partial charge in [-0.05, 0) is 49.9 Å². The van der Waals surface area contributed by atoms with Crippen molar-refractivity contribution in [2.24, 2.45) is 5.41 Å². The lowest BCUT2D eigenvalue weighted by molar-refractivity contribution is 0.176. The summed E-state index contributed by atoms with van der Waals surface area (Å²) < 4.78 is 5.92. The van der Waals surface area contributed by atoms with Crippen LogP contribution in [0.15, 0.2) is 18.2 Å². The van der Waals surface area contributed by atoms with Crippen molar-refractivity contribution in [1.29, 1.82) is 0 Å². The fourth-order valence-electron chi connectivity index (χ4n) is 1.84. The van der Waals surface area contributed by atoms with Gasteiger partial charge in [0.1, 0.15) is 5.75 Å². The molecule has 0 heterocycles. The molecule has 0 atom stereocenters. The van der Waals surface area contributed by atoms with Crippen molar-refractivity contribution >= 4 is 0 Å². The normalized spacial score (nSPS) is 15.8. The molecule has 0 bridgehead atoms. The van der Waals surface area contributed by atoms with Gasteiger partial charge < -0.3 is 10.1 Å². The standard InChI is InChI=1S/C16H25NO/c1-12-5-8-15(9-13(12)2)18-11-16(3,4)10-17-14-6-7-14/h5,8-9,14,17H,6-7,10-11H2,1-4H3. The predicted molar refractivity (Wildman–Crippen MR) is 76.2 cm³/mol. The van der Waals surface area contributed by atoms with Crippen LogP contribution in [0.3, 0.4) is 0 Å². The SMILES string of the molecule is Cc1ccc(OCC(C)(C)CNC2CC2)cc1C. The fraction of sp³-hybridized carbons (Fsp3) is 0.625. The summed E-state index contributed by atoms with van der Waals surface area (Å²) >= 11 is 0. The van der Waals surface area contributed by atoms with E-state index in [-0.39, 0.29) is 5.41 Å². The second-order valence-electron chi connectivity index (χ2n) is 6.35. The Balaban J connectivity index is 1.82. The first-order chi connectivity index (χ1) is 8.46. The van der Waals surface area contributed by atoms with Gasteiger partial charge in [-0.1, -0.05) is 19.9 Å². The van der Waals surface area contributed by atoms with Crippen LogP contribution in [0.25, 0.3) is 0 Å². The quantitative estimate of drug-likeness (QED) is 0.831. The third kappa shape index (κ3) is 4.02. The highest BCUT2D eigenvalue weighted by Gasteiger charge is 2.25. The summed E-state index contributed by atoms with van der Waals surface area (Å²) in [5.41, 5.74) is 2.79. The molecule has 0 spiro atoms. The molecule has 0 saturated heterocycles. The summed E-state index contributed by atoms with van der Waals surface area (Å²) in [6.07, 6.45) is 2.68. The maximum Gasteiger partial charge on any atom is 0.119 e. The molecule has 18 heavy (non-hydrogen) atoms. The average molecular weight is 247 g/mol. The molecule has 0 amide bonds. The molecule has 1 aromatic carbocycles. The number of hydrogen-bond acceptors (Lipinski definition) is 2. The monoisotopic (exact) mass is 247 g/mol. The molecule has 0 aromatic heterocycles. The summed E-state index contributed by atoms with van der Waals surface area (Å²) in [5.74, 6) is 0.984. The Kier molecular flexibility index (Phi) is 3.96. The van der Waals surface area contributed by atoms with Gasteiger partial charge in [0, 0.05) is 18.0 Å². The van der Waals surface area contributed by atoms with Crippen LogP contribution in [0.5, 0.6) is 5.75 Å². The lowest BCUT2D eigenvalue weighted by Gasteiger charge is -2.25. The lowest BCUT2D eigenvalue weighted by atomic mass is 9.95. The molecule has 1 saturated carbocycles. The summed E-state index contributed by atoms with van der Waals surface area (Å²) in [5, 5.41) is 3.57. The van der Waals surface area contributed by atoms with Crippen LogP contribution in [-0.2, 0) is 0 Å². The largest absolute Gasteiger partial charge is 0.493 e. The molecule has 2 heteroatoms. The summed E-state index contributed by atoms with van der Waals surface area (Å²) in [7, 11) is 0. The Morgan fingerprint density at radius 1 is 1.22 bits per heavy atom. The van der Waals surface area contributed by atoms with Gasteiger partial charge in [0.15, 0.2) is 0 Å². The van der Waals surface area contributed by atoms with E-state index in [1.165, 1.54) is 24.0 Å². The molecule has 2 rings (SSSR count). The molecule has 0 unspecified atom stereocenters. The van der Waals surface area contributed by atoms with Crippen molar-refractivity contribution < 1.29 is 4.74 Å². The van der Waals surface area contributed by atoms with E-state index in [2.05, 4.69) is 51.2 Å². The molecule has 1 aliphatic carbocycles. The zero-order chi connectivity index (χ0) is 13.2. The summed E-state index contributed by atoms with van der Waals surface area (Å²) in [6, 6.07) is 7.08. The van der Waals surface area contributed by atoms with Crippen LogP contribution in [0.2, 0.25) is 0 Å². The number of hydrogen-bond donors (Lipinski definition) is 1. The van der Waals surface area contributed by atoms with Crippen molar-refractivity contribution in [2.75, 3.05) is 13.2 Å². The Bertz CT molecular complexity index is 408. The van der Waals surface area contributed by atoms with E-state index in [9.17, 15) is 0 Å². The molecule has 1 N–H and O–H groups in total. The molecule has 0 aliphatic heterocycles. The first kappa shape index (κ1) is 13.4. The number of nitrogens with one attached hydrogen (secondary N) is 1. The third-order valence-electron chi connectivity index (χ3n) is 3.55. The van der Waals surface area contributed by atoms with Crippen LogP contribution in [0.1, 0.15) is 37.8 Å². The van der Waals surface area contributed by atoms with Gasteiger partial charge in [-0.2, -0.15) is 0 Å². The topological polar surface area (TPSA) is 21.3 Å². The number of ether oxygens (including phenoxy) is 1. The zero-order valence-electron chi connectivity index (χ0n) is 12.0. The first-order valence-corrected chi connectivity index (χ1v) is 6.90. The van der Waals surface area contributed by atoms with Crippen LogP contribution < -0.4 is 10.1 Å². The van der Waals surface area contributed by atoms with Gasteiger partial charge in [0.2, 0.25) is 0 Å². The van der Waals surface area contributed by atoms with Crippen molar-refractivity contribution in [1.82, 2.24) is 5.32 Å². The fourth-order valence-corrected chi connectivity index (χ4v) is 1.84. The minimum atomic E-state index is 0.182. The van der Waals surface area contributed by atoms with Gasteiger partial charge in [-0.3, -0.25) is 0 Å².